The molecular formula is C20H33N3O3S. The molecule has 1 aromatic carbocycles. The number of benzene rings is 1. The molecule has 1 fully saturated rings. The molecule has 0 atom stereocenters. The molecule has 1 heterocycles. The van der Waals surface area contributed by atoms with E-state index in [0.29, 0.717) is 19.6 Å². The van der Waals surface area contributed by atoms with Gasteiger partial charge in [-0.1, -0.05) is 31.9 Å². The van der Waals surface area contributed by atoms with Crippen molar-refractivity contribution in [2.75, 3.05) is 50.4 Å². The molecule has 152 valence electrons. The Labute approximate surface area is 164 Å². The highest BCUT2D eigenvalue weighted by molar-refractivity contribution is 7.88. The van der Waals surface area contributed by atoms with Crippen LogP contribution >= 0.6 is 0 Å². The zero-order chi connectivity index (χ0) is 20.0. The van der Waals surface area contributed by atoms with Crippen molar-refractivity contribution < 1.29 is 13.2 Å². The average molecular weight is 396 g/mol. The van der Waals surface area contributed by atoms with Crippen LogP contribution in [0.4, 0.5) is 5.69 Å². The first-order valence-corrected chi connectivity index (χ1v) is 11.6. The van der Waals surface area contributed by atoms with Gasteiger partial charge in [0.05, 0.1) is 12.8 Å². The van der Waals surface area contributed by atoms with E-state index in [4.69, 9.17) is 0 Å². The van der Waals surface area contributed by atoms with Gasteiger partial charge < -0.3 is 9.80 Å². The summed E-state index contributed by atoms with van der Waals surface area (Å²) in [4.78, 5) is 16.8. The van der Waals surface area contributed by atoms with Gasteiger partial charge in [-0.25, -0.2) is 8.42 Å². The summed E-state index contributed by atoms with van der Waals surface area (Å²) in [6, 6.07) is 6.30. The monoisotopic (exact) mass is 395 g/mol. The first kappa shape index (κ1) is 21.7. The highest BCUT2D eigenvalue weighted by atomic mass is 32.2. The molecule has 7 heteroatoms. The van der Waals surface area contributed by atoms with Crippen LogP contribution in [-0.2, 0) is 14.8 Å². The third kappa shape index (κ3) is 5.94. The van der Waals surface area contributed by atoms with Crippen LogP contribution < -0.4 is 4.90 Å². The van der Waals surface area contributed by atoms with E-state index < -0.39 is 10.0 Å². The lowest BCUT2D eigenvalue weighted by Crippen LogP contribution is -2.52. The number of carbonyl (C=O) groups excluding carboxylic acids is 1. The van der Waals surface area contributed by atoms with Crippen molar-refractivity contribution in [3.63, 3.8) is 0 Å². The minimum Gasteiger partial charge on any atom is -0.368 e. The lowest BCUT2D eigenvalue weighted by Gasteiger charge is -2.37. The summed E-state index contributed by atoms with van der Waals surface area (Å²) in [5.41, 5.74) is 3.76. The number of aryl methyl sites for hydroxylation is 1. The van der Waals surface area contributed by atoms with Crippen molar-refractivity contribution in [2.24, 2.45) is 0 Å². The Morgan fingerprint density at radius 2 is 1.78 bits per heavy atom. The van der Waals surface area contributed by atoms with Crippen LogP contribution in [-0.4, -0.2) is 69.1 Å². The van der Waals surface area contributed by atoms with Crippen molar-refractivity contribution >= 4 is 21.6 Å². The molecule has 0 bridgehead atoms. The summed E-state index contributed by atoms with van der Waals surface area (Å²) >= 11 is 0. The van der Waals surface area contributed by atoms with Crippen LogP contribution in [0.3, 0.4) is 0 Å². The summed E-state index contributed by atoms with van der Waals surface area (Å²) < 4.78 is 25.3. The average Bonchev–Trinajstić information content (AvgIpc) is 2.62. The molecule has 0 unspecified atom stereocenters. The fraction of sp³-hybridized carbons (Fsp3) is 0.650. The molecule has 1 aromatic rings. The zero-order valence-corrected chi connectivity index (χ0v) is 17.9. The molecule has 1 aliphatic heterocycles. The normalized spacial score (nSPS) is 15.4. The number of amides is 1. The van der Waals surface area contributed by atoms with Crippen LogP contribution in [0.1, 0.15) is 37.3 Å². The Hall–Kier alpha value is -1.60. The highest BCUT2D eigenvalue weighted by Crippen LogP contribution is 2.24. The van der Waals surface area contributed by atoms with E-state index in [1.807, 2.05) is 0 Å². The maximum Gasteiger partial charge on any atom is 0.238 e. The van der Waals surface area contributed by atoms with E-state index >= 15 is 0 Å². The third-order valence-corrected chi connectivity index (χ3v) is 6.59. The van der Waals surface area contributed by atoms with Gasteiger partial charge in [-0.05, 0) is 37.5 Å². The van der Waals surface area contributed by atoms with Gasteiger partial charge >= 0.3 is 0 Å². The van der Waals surface area contributed by atoms with Crippen molar-refractivity contribution in [2.45, 2.75) is 40.0 Å². The van der Waals surface area contributed by atoms with Crippen LogP contribution in [0.15, 0.2) is 18.2 Å². The van der Waals surface area contributed by atoms with Crippen LogP contribution in [0.25, 0.3) is 0 Å². The Morgan fingerprint density at radius 3 is 2.37 bits per heavy atom. The second-order valence-electron chi connectivity index (χ2n) is 7.39. The molecular weight excluding hydrogens is 362 g/mol. The van der Waals surface area contributed by atoms with Crippen LogP contribution in [0.5, 0.6) is 0 Å². The number of hydrogen-bond donors (Lipinski definition) is 0. The van der Waals surface area contributed by atoms with Gasteiger partial charge in [-0.3, -0.25) is 4.79 Å². The first-order chi connectivity index (χ1) is 12.7. The second-order valence-corrected chi connectivity index (χ2v) is 9.37. The Morgan fingerprint density at radius 1 is 1.11 bits per heavy atom. The molecule has 27 heavy (non-hydrogen) atoms. The highest BCUT2D eigenvalue weighted by Gasteiger charge is 2.26. The maximum atomic E-state index is 12.7. The minimum atomic E-state index is -3.37. The van der Waals surface area contributed by atoms with Gasteiger partial charge in [-0.2, -0.15) is 4.31 Å². The number of unbranched alkanes of at least 4 members (excludes halogenated alkanes) is 2. The van der Waals surface area contributed by atoms with Gasteiger partial charge in [0.25, 0.3) is 0 Å². The molecule has 1 aliphatic rings. The van der Waals surface area contributed by atoms with E-state index in [2.05, 4.69) is 43.9 Å². The number of nitrogens with zero attached hydrogens (tertiary/aromatic N) is 3. The first-order valence-electron chi connectivity index (χ1n) is 9.78. The van der Waals surface area contributed by atoms with Gasteiger partial charge in [0.1, 0.15) is 0 Å². The molecule has 0 aliphatic carbocycles. The van der Waals surface area contributed by atoms with Crippen LogP contribution in [0, 0.1) is 13.8 Å². The SMILES string of the molecule is CCCCCN(CC(=O)N1CCN(c2cccc(C)c2C)CC1)S(C)(=O)=O. The van der Waals surface area contributed by atoms with Gasteiger partial charge in [0.2, 0.25) is 15.9 Å². The number of anilines is 1. The second kappa shape index (κ2) is 9.55. The van der Waals surface area contributed by atoms with Gasteiger partial charge in [0.15, 0.2) is 0 Å². The van der Waals surface area contributed by atoms with Crippen molar-refractivity contribution in [3.05, 3.63) is 29.3 Å². The van der Waals surface area contributed by atoms with E-state index in [0.717, 1.165) is 32.4 Å². The van der Waals surface area contributed by atoms with Crippen molar-refractivity contribution in [1.29, 1.82) is 0 Å². The Kier molecular flexibility index (Phi) is 7.68. The molecule has 0 saturated carbocycles. The van der Waals surface area contributed by atoms with Crippen LogP contribution in [0.2, 0.25) is 0 Å². The standard InChI is InChI=1S/C20H33N3O3S/c1-5-6-7-11-23(27(4,25)26)16-20(24)22-14-12-21(13-15-22)19-10-8-9-17(2)18(19)3/h8-10H,5-7,11-16H2,1-4H3. The van der Waals surface area contributed by atoms with E-state index in [-0.39, 0.29) is 12.5 Å². The summed E-state index contributed by atoms with van der Waals surface area (Å²) in [6.07, 6.45) is 3.96. The summed E-state index contributed by atoms with van der Waals surface area (Å²) in [5, 5.41) is 0. The lowest BCUT2D eigenvalue weighted by atomic mass is 10.1. The summed E-state index contributed by atoms with van der Waals surface area (Å²) in [7, 11) is -3.37. The zero-order valence-electron chi connectivity index (χ0n) is 17.1. The van der Waals surface area contributed by atoms with Crippen molar-refractivity contribution in [3.8, 4) is 0 Å². The molecule has 1 amide bonds. The van der Waals surface area contributed by atoms with E-state index in [1.165, 1.54) is 27.4 Å². The summed E-state index contributed by atoms with van der Waals surface area (Å²) in [5.74, 6) is -0.0995. The predicted octanol–water partition coefficient (Wildman–Crippen LogP) is 2.40. The molecule has 0 N–H and O–H groups in total. The smallest absolute Gasteiger partial charge is 0.238 e. The number of hydrogen-bond acceptors (Lipinski definition) is 4. The number of rotatable bonds is 8. The topological polar surface area (TPSA) is 60.9 Å². The molecule has 0 radical (unpaired) electrons. The number of sulfonamides is 1. The predicted molar refractivity (Wildman–Crippen MR) is 111 cm³/mol. The quantitative estimate of drug-likeness (QED) is 0.634. The van der Waals surface area contributed by atoms with Gasteiger partial charge in [-0.15, -0.1) is 0 Å². The largest absolute Gasteiger partial charge is 0.368 e. The number of piperazine rings is 1. The maximum absolute atomic E-state index is 12.7. The fourth-order valence-corrected chi connectivity index (χ4v) is 4.23. The molecule has 0 aromatic heterocycles. The Balaban J connectivity index is 1.94. The number of carbonyl (C=O) groups is 1. The molecule has 6 nitrogen and oxygen atoms in total. The van der Waals surface area contributed by atoms with Gasteiger partial charge in [0, 0.05) is 38.4 Å². The molecule has 1 saturated heterocycles. The fourth-order valence-electron chi connectivity index (χ4n) is 3.43. The lowest BCUT2D eigenvalue weighted by molar-refractivity contribution is -0.131. The molecule has 0 spiro atoms. The van der Waals surface area contributed by atoms with E-state index in [9.17, 15) is 13.2 Å². The van der Waals surface area contributed by atoms with E-state index in [1.54, 1.807) is 4.90 Å². The minimum absolute atomic E-state index is 0.0496. The summed E-state index contributed by atoms with van der Waals surface area (Å²) in [6.45, 7) is 9.46. The Bertz CT molecular complexity index is 741. The molecule has 2 rings (SSSR count). The third-order valence-electron chi connectivity index (χ3n) is 5.34. The van der Waals surface area contributed by atoms with Crippen molar-refractivity contribution in [1.82, 2.24) is 9.21 Å².